The summed E-state index contributed by atoms with van der Waals surface area (Å²) in [5, 5.41) is 0. The quantitative estimate of drug-likeness (QED) is 0.559. The molecule has 0 heterocycles. The Morgan fingerprint density at radius 1 is 0.867 bits per heavy atom. The number of nitrogens with zero attached hydrogens (tertiary/aromatic N) is 1. The van der Waals surface area contributed by atoms with Gasteiger partial charge in [-0.1, -0.05) is 64.1 Å². The highest BCUT2D eigenvalue weighted by molar-refractivity contribution is 7.89. The normalized spacial score (nSPS) is 12.2. The molecule has 1 amide bonds. The Labute approximate surface area is 180 Å². The van der Waals surface area contributed by atoms with Crippen LogP contribution in [0.25, 0.3) is 0 Å². The van der Waals surface area contributed by atoms with Crippen LogP contribution in [-0.2, 0) is 15.0 Å². The number of rotatable bonds is 6. The molecule has 0 atom stereocenters. The van der Waals surface area contributed by atoms with Crippen LogP contribution in [0.2, 0.25) is 0 Å². The van der Waals surface area contributed by atoms with Crippen molar-refractivity contribution in [3.8, 4) is 5.75 Å². The molecule has 2 rings (SSSR count). The van der Waals surface area contributed by atoms with Gasteiger partial charge in [-0.2, -0.15) is 8.42 Å². The van der Waals surface area contributed by atoms with Gasteiger partial charge in [0.05, 0.1) is 5.69 Å². The minimum absolute atomic E-state index is 0.0283. The first-order chi connectivity index (χ1) is 13.8. The minimum atomic E-state index is -4.55. The van der Waals surface area contributed by atoms with Crippen LogP contribution in [0.3, 0.4) is 0 Å². The second-order valence-corrected chi connectivity index (χ2v) is 10.1. The fourth-order valence-electron chi connectivity index (χ4n) is 2.91. The molecule has 0 aromatic heterocycles. The summed E-state index contributed by atoms with van der Waals surface area (Å²) < 4.78 is 38.3. The fraction of sp³-hybridized carbons (Fsp3) is 0.435. The standard InChI is InChI=1S/C23H31NO5S/c1-16(2)19-14-11-15-20(17(3)4)21(19)29-30(26,27)24(18-12-9-8-10-13-18)22(25)28-23(5,6)7/h8-17H,1-7H3. The number of hydrogen-bond acceptors (Lipinski definition) is 5. The monoisotopic (exact) mass is 433 g/mol. The maximum Gasteiger partial charge on any atom is 0.431 e. The van der Waals surface area contributed by atoms with Crippen LogP contribution in [0, 0.1) is 0 Å². The summed E-state index contributed by atoms with van der Waals surface area (Å²) in [5.41, 5.74) is 0.766. The molecular weight excluding hydrogens is 402 g/mol. The fourth-order valence-corrected chi connectivity index (χ4v) is 3.99. The van der Waals surface area contributed by atoms with E-state index < -0.39 is 22.0 Å². The number of amides is 1. The zero-order valence-corrected chi connectivity index (χ0v) is 19.5. The van der Waals surface area contributed by atoms with Gasteiger partial charge in [-0.25, -0.2) is 4.79 Å². The molecule has 7 heteroatoms. The van der Waals surface area contributed by atoms with Crippen molar-refractivity contribution in [1.29, 1.82) is 0 Å². The number of carbonyl (C=O) groups is 1. The van der Waals surface area contributed by atoms with Crippen LogP contribution in [0.1, 0.15) is 71.4 Å². The molecule has 0 bridgehead atoms. The van der Waals surface area contributed by atoms with Crippen molar-refractivity contribution in [2.24, 2.45) is 0 Å². The maximum absolute atomic E-state index is 13.4. The second-order valence-electron chi connectivity index (χ2n) is 8.70. The summed E-state index contributed by atoms with van der Waals surface area (Å²) in [6, 6.07) is 13.6. The van der Waals surface area contributed by atoms with Crippen LogP contribution in [0.5, 0.6) is 5.75 Å². The molecule has 6 nitrogen and oxygen atoms in total. The summed E-state index contributed by atoms with van der Waals surface area (Å²) in [4.78, 5) is 12.9. The van der Waals surface area contributed by atoms with Gasteiger partial charge in [-0.3, -0.25) is 0 Å². The predicted octanol–water partition coefficient (Wildman–Crippen LogP) is 6.00. The lowest BCUT2D eigenvalue weighted by molar-refractivity contribution is 0.0606. The van der Waals surface area contributed by atoms with Crippen molar-refractivity contribution >= 4 is 22.1 Å². The third-order valence-electron chi connectivity index (χ3n) is 4.28. The van der Waals surface area contributed by atoms with Gasteiger partial charge in [-0.15, -0.1) is 4.31 Å². The Hall–Kier alpha value is -2.54. The van der Waals surface area contributed by atoms with Gasteiger partial charge in [0.1, 0.15) is 5.60 Å². The lowest BCUT2D eigenvalue weighted by Gasteiger charge is -2.27. The largest absolute Gasteiger partial charge is 0.443 e. The van der Waals surface area contributed by atoms with Crippen LogP contribution < -0.4 is 8.49 Å². The van der Waals surface area contributed by atoms with E-state index in [1.165, 1.54) is 12.1 Å². The minimum Gasteiger partial charge on any atom is -0.443 e. The molecule has 0 aliphatic heterocycles. The van der Waals surface area contributed by atoms with Gasteiger partial charge in [0.25, 0.3) is 0 Å². The molecule has 0 saturated carbocycles. The van der Waals surface area contributed by atoms with Crippen molar-refractivity contribution < 1.29 is 22.1 Å². The molecule has 0 unspecified atom stereocenters. The number of para-hydroxylation sites is 2. The Bertz CT molecular complexity index is 950. The zero-order chi connectivity index (χ0) is 22.7. The molecular formula is C23H31NO5S. The highest BCUT2D eigenvalue weighted by atomic mass is 32.2. The highest BCUT2D eigenvalue weighted by Gasteiger charge is 2.36. The molecule has 164 valence electrons. The summed E-state index contributed by atoms with van der Waals surface area (Å²) in [6.07, 6.45) is -1.03. The molecule has 2 aromatic carbocycles. The van der Waals surface area contributed by atoms with Crippen molar-refractivity contribution in [2.75, 3.05) is 4.31 Å². The van der Waals surface area contributed by atoms with E-state index in [1.54, 1.807) is 39.0 Å². The van der Waals surface area contributed by atoms with Gasteiger partial charge < -0.3 is 8.92 Å². The number of hydrogen-bond donors (Lipinski definition) is 0. The third-order valence-corrected chi connectivity index (χ3v) is 5.47. The first-order valence-electron chi connectivity index (χ1n) is 9.99. The van der Waals surface area contributed by atoms with Crippen LogP contribution >= 0.6 is 0 Å². The van der Waals surface area contributed by atoms with Gasteiger partial charge in [0, 0.05) is 0 Å². The number of carbonyl (C=O) groups excluding carboxylic acids is 1. The zero-order valence-electron chi connectivity index (χ0n) is 18.7. The van der Waals surface area contributed by atoms with Gasteiger partial charge >= 0.3 is 16.4 Å². The van der Waals surface area contributed by atoms with E-state index in [2.05, 4.69) is 0 Å². The Morgan fingerprint density at radius 2 is 1.37 bits per heavy atom. The SMILES string of the molecule is CC(C)c1cccc(C(C)C)c1OS(=O)(=O)N(C(=O)OC(C)(C)C)c1ccccc1. The molecule has 0 fully saturated rings. The topological polar surface area (TPSA) is 72.9 Å². The summed E-state index contributed by atoms with van der Waals surface area (Å²) in [7, 11) is -4.55. The van der Waals surface area contributed by atoms with E-state index in [0.717, 1.165) is 11.1 Å². The smallest absolute Gasteiger partial charge is 0.431 e. The molecule has 0 N–H and O–H groups in total. The average molecular weight is 434 g/mol. The molecule has 0 aliphatic carbocycles. The van der Waals surface area contributed by atoms with E-state index in [0.29, 0.717) is 4.31 Å². The highest BCUT2D eigenvalue weighted by Crippen LogP contribution is 2.36. The second kappa shape index (κ2) is 9.08. The van der Waals surface area contributed by atoms with E-state index in [9.17, 15) is 13.2 Å². The van der Waals surface area contributed by atoms with Crippen molar-refractivity contribution in [3.05, 3.63) is 59.7 Å². The first kappa shape index (κ1) is 23.7. The summed E-state index contributed by atoms with van der Waals surface area (Å²) in [5.74, 6) is 0.313. The van der Waals surface area contributed by atoms with Crippen LogP contribution in [0.15, 0.2) is 48.5 Å². The van der Waals surface area contributed by atoms with E-state index in [1.807, 2.05) is 45.9 Å². The first-order valence-corrected chi connectivity index (χ1v) is 11.4. The Morgan fingerprint density at radius 3 is 1.80 bits per heavy atom. The summed E-state index contributed by atoms with van der Waals surface area (Å²) >= 11 is 0. The number of anilines is 1. The third kappa shape index (κ3) is 5.75. The average Bonchev–Trinajstić information content (AvgIpc) is 2.60. The van der Waals surface area contributed by atoms with Gasteiger partial charge in [-0.05, 0) is 55.9 Å². The lowest BCUT2D eigenvalue weighted by Crippen LogP contribution is -2.43. The van der Waals surface area contributed by atoms with Crippen LogP contribution in [-0.4, -0.2) is 20.1 Å². The predicted molar refractivity (Wildman–Crippen MR) is 119 cm³/mol. The Kier molecular flexibility index (Phi) is 7.18. The van der Waals surface area contributed by atoms with Gasteiger partial charge in [0.15, 0.2) is 5.75 Å². The molecule has 0 saturated heterocycles. The van der Waals surface area contributed by atoms with Crippen molar-refractivity contribution in [2.45, 2.75) is 65.9 Å². The number of benzene rings is 2. The molecule has 0 radical (unpaired) electrons. The molecule has 30 heavy (non-hydrogen) atoms. The summed E-state index contributed by atoms with van der Waals surface area (Å²) in [6.45, 7) is 12.9. The Balaban J connectivity index is 2.60. The van der Waals surface area contributed by atoms with Crippen molar-refractivity contribution in [1.82, 2.24) is 0 Å². The number of ether oxygens (including phenoxy) is 1. The maximum atomic E-state index is 13.4. The molecule has 2 aromatic rings. The van der Waals surface area contributed by atoms with E-state index >= 15 is 0 Å². The van der Waals surface area contributed by atoms with Crippen LogP contribution in [0.4, 0.5) is 10.5 Å². The van der Waals surface area contributed by atoms with Gasteiger partial charge in [0.2, 0.25) is 0 Å². The molecule has 0 aliphatic rings. The lowest BCUT2D eigenvalue weighted by atomic mass is 9.94. The van der Waals surface area contributed by atoms with E-state index in [-0.39, 0.29) is 23.3 Å². The molecule has 0 spiro atoms. The van der Waals surface area contributed by atoms with Crippen molar-refractivity contribution in [3.63, 3.8) is 0 Å². The van der Waals surface area contributed by atoms with E-state index in [4.69, 9.17) is 8.92 Å².